The smallest absolute Gasteiger partial charge is 0.249 e. The number of carbonyl (C=O) groups excluding carboxylic acids is 3. The molecule has 1 aliphatic rings. The fourth-order valence-corrected chi connectivity index (χ4v) is 3.68. The lowest BCUT2D eigenvalue weighted by Gasteiger charge is -2.31. The fraction of sp³-hybridized carbons (Fsp3) is 0.850. The van der Waals surface area contributed by atoms with Crippen LogP contribution in [0.1, 0.15) is 66.7 Å². The number of amides is 3. The number of hydroxylamine groups is 2. The predicted octanol–water partition coefficient (Wildman–Crippen LogP) is 2.33. The normalized spacial score (nSPS) is 17.5. The van der Waals surface area contributed by atoms with Crippen molar-refractivity contribution >= 4 is 17.7 Å². The SMILES string of the molecule is CNC(=O)C(NC(=O)C[C@H](C(=O)N(O)CC(C)C)C1CCCC1)C(C)(C)C. The van der Waals surface area contributed by atoms with Crippen LogP contribution in [0.25, 0.3) is 0 Å². The van der Waals surface area contributed by atoms with Gasteiger partial charge in [-0.15, -0.1) is 0 Å². The van der Waals surface area contributed by atoms with Gasteiger partial charge in [0.1, 0.15) is 6.04 Å². The lowest BCUT2D eigenvalue weighted by molar-refractivity contribution is -0.175. The second kappa shape index (κ2) is 10.1. The first kappa shape index (κ1) is 23.4. The minimum Gasteiger partial charge on any atom is -0.357 e. The van der Waals surface area contributed by atoms with Gasteiger partial charge in [0.15, 0.2) is 0 Å². The summed E-state index contributed by atoms with van der Waals surface area (Å²) in [5.41, 5.74) is -0.455. The maximum absolute atomic E-state index is 12.8. The third-order valence-electron chi connectivity index (χ3n) is 5.16. The molecule has 1 unspecified atom stereocenters. The molecule has 2 atom stereocenters. The Morgan fingerprint density at radius 3 is 2.15 bits per heavy atom. The maximum Gasteiger partial charge on any atom is 0.249 e. The van der Waals surface area contributed by atoms with E-state index < -0.39 is 23.3 Å². The van der Waals surface area contributed by atoms with Gasteiger partial charge in [-0.1, -0.05) is 47.5 Å². The molecule has 1 fully saturated rings. The molecule has 0 spiro atoms. The second-order valence-electron chi connectivity index (χ2n) is 9.15. The number of rotatable bonds is 8. The van der Waals surface area contributed by atoms with Crippen molar-refractivity contribution in [2.75, 3.05) is 13.6 Å². The Kier molecular flexibility index (Phi) is 8.72. The van der Waals surface area contributed by atoms with Crippen LogP contribution in [-0.4, -0.2) is 47.6 Å². The van der Waals surface area contributed by atoms with Gasteiger partial charge in [0.05, 0.1) is 12.5 Å². The molecule has 0 aromatic rings. The third-order valence-corrected chi connectivity index (χ3v) is 5.16. The van der Waals surface area contributed by atoms with Gasteiger partial charge in [0.25, 0.3) is 0 Å². The Hall–Kier alpha value is -1.63. The molecular formula is C20H37N3O4. The van der Waals surface area contributed by atoms with Crippen molar-refractivity contribution in [2.24, 2.45) is 23.2 Å². The van der Waals surface area contributed by atoms with Crippen LogP contribution in [0.3, 0.4) is 0 Å². The van der Waals surface area contributed by atoms with Gasteiger partial charge in [0, 0.05) is 13.5 Å². The highest BCUT2D eigenvalue weighted by Gasteiger charge is 2.37. The summed E-state index contributed by atoms with van der Waals surface area (Å²) in [5, 5.41) is 16.3. The highest BCUT2D eigenvalue weighted by Crippen LogP contribution is 2.34. The minimum absolute atomic E-state index is 0.0117. The van der Waals surface area contributed by atoms with Gasteiger partial charge in [-0.25, -0.2) is 5.06 Å². The Bertz CT molecular complexity index is 522. The number of hydrogen-bond donors (Lipinski definition) is 3. The number of nitrogens with one attached hydrogen (secondary N) is 2. The molecule has 27 heavy (non-hydrogen) atoms. The molecule has 156 valence electrons. The fourth-order valence-electron chi connectivity index (χ4n) is 3.68. The summed E-state index contributed by atoms with van der Waals surface area (Å²) in [6, 6.07) is -0.685. The van der Waals surface area contributed by atoms with E-state index in [1.54, 1.807) is 0 Å². The zero-order valence-corrected chi connectivity index (χ0v) is 17.7. The van der Waals surface area contributed by atoms with Crippen molar-refractivity contribution < 1.29 is 19.6 Å². The van der Waals surface area contributed by atoms with Gasteiger partial charge in [0.2, 0.25) is 17.7 Å². The van der Waals surface area contributed by atoms with Gasteiger partial charge >= 0.3 is 0 Å². The topological polar surface area (TPSA) is 98.7 Å². The van der Waals surface area contributed by atoms with Crippen LogP contribution in [0.2, 0.25) is 0 Å². The van der Waals surface area contributed by atoms with Crippen molar-refractivity contribution in [1.82, 2.24) is 15.7 Å². The molecule has 0 aromatic heterocycles. The largest absolute Gasteiger partial charge is 0.357 e. The Morgan fingerprint density at radius 1 is 1.15 bits per heavy atom. The van der Waals surface area contributed by atoms with E-state index >= 15 is 0 Å². The Labute approximate surface area is 163 Å². The minimum atomic E-state index is -0.685. The summed E-state index contributed by atoms with van der Waals surface area (Å²) < 4.78 is 0. The molecule has 0 heterocycles. The van der Waals surface area contributed by atoms with E-state index in [1.165, 1.54) is 7.05 Å². The standard InChI is InChI=1S/C20H37N3O4/c1-13(2)12-23(27)19(26)15(14-9-7-8-10-14)11-16(24)22-17(18(25)21-6)20(3,4)5/h13-15,17,27H,7-12H2,1-6H3,(H,21,25)(H,22,24)/t15-,17?/m0/s1. The number of hydrogen-bond acceptors (Lipinski definition) is 4. The summed E-state index contributed by atoms with van der Waals surface area (Å²) in [5.74, 6) is -1.31. The van der Waals surface area contributed by atoms with Crippen molar-refractivity contribution in [1.29, 1.82) is 0 Å². The number of nitrogens with zero attached hydrogens (tertiary/aromatic N) is 1. The molecule has 0 radical (unpaired) electrons. The van der Waals surface area contributed by atoms with E-state index in [9.17, 15) is 19.6 Å². The molecule has 0 aliphatic heterocycles. The molecule has 7 nitrogen and oxygen atoms in total. The van der Waals surface area contributed by atoms with Gasteiger partial charge in [-0.3, -0.25) is 19.6 Å². The summed E-state index contributed by atoms with van der Waals surface area (Å²) in [6.07, 6.45) is 3.83. The molecule has 7 heteroatoms. The highest BCUT2D eigenvalue weighted by molar-refractivity contribution is 5.90. The van der Waals surface area contributed by atoms with Crippen LogP contribution in [0.15, 0.2) is 0 Å². The van der Waals surface area contributed by atoms with Crippen molar-refractivity contribution in [2.45, 2.75) is 72.8 Å². The molecule has 0 bridgehead atoms. The first-order valence-corrected chi connectivity index (χ1v) is 9.98. The van der Waals surface area contributed by atoms with Crippen molar-refractivity contribution in [3.63, 3.8) is 0 Å². The number of likely N-dealkylation sites (N-methyl/N-ethyl adjacent to an activating group) is 1. The first-order chi connectivity index (χ1) is 12.5. The van der Waals surface area contributed by atoms with E-state index in [-0.39, 0.29) is 36.6 Å². The highest BCUT2D eigenvalue weighted by atomic mass is 16.5. The van der Waals surface area contributed by atoms with E-state index in [4.69, 9.17) is 0 Å². The van der Waals surface area contributed by atoms with Crippen molar-refractivity contribution in [3.05, 3.63) is 0 Å². The predicted molar refractivity (Wildman–Crippen MR) is 104 cm³/mol. The summed E-state index contributed by atoms with van der Waals surface area (Å²) in [4.78, 5) is 37.6. The molecule has 1 saturated carbocycles. The average Bonchev–Trinajstić information content (AvgIpc) is 3.08. The zero-order chi connectivity index (χ0) is 20.8. The molecule has 0 aromatic carbocycles. The van der Waals surface area contributed by atoms with Gasteiger partial charge in [-0.05, 0) is 30.1 Å². The van der Waals surface area contributed by atoms with Crippen LogP contribution in [0.4, 0.5) is 0 Å². The Morgan fingerprint density at radius 2 is 1.70 bits per heavy atom. The lowest BCUT2D eigenvalue weighted by atomic mass is 9.84. The van der Waals surface area contributed by atoms with E-state index in [0.717, 1.165) is 30.7 Å². The van der Waals surface area contributed by atoms with Crippen LogP contribution in [-0.2, 0) is 14.4 Å². The first-order valence-electron chi connectivity index (χ1n) is 9.98. The second-order valence-corrected chi connectivity index (χ2v) is 9.15. The monoisotopic (exact) mass is 383 g/mol. The Balaban J connectivity index is 2.89. The maximum atomic E-state index is 12.8. The zero-order valence-electron chi connectivity index (χ0n) is 17.7. The third kappa shape index (κ3) is 7.13. The van der Waals surface area contributed by atoms with Gasteiger partial charge < -0.3 is 10.6 Å². The number of carbonyl (C=O) groups is 3. The lowest BCUT2D eigenvalue weighted by Crippen LogP contribution is -2.53. The average molecular weight is 384 g/mol. The molecular weight excluding hydrogens is 346 g/mol. The molecule has 1 aliphatic carbocycles. The van der Waals surface area contributed by atoms with Crippen LogP contribution in [0, 0.1) is 23.2 Å². The summed E-state index contributed by atoms with van der Waals surface area (Å²) >= 11 is 0. The van der Waals surface area contributed by atoms with Crippen LogP contribution >= 0.6 is 0 Å². The van der Waals surface area contributed by atoms with E-state index in [0.29, 0.717) is 0 Å². The van der Waals surface area contributed by atoms with Crippen LogP contribution in [0.5, 0.6) is 0 Å². The molecule has 3 amide bonds. The molecule has 0 saturated heterocycles. The summed E-state index contributed by atoms with van der Waals surface area (Å²) in [6.45, 7) is 9.73. The van der Waals surface area contributed by atoms with E-state index in [2.05, 4.69) is 10.6 Å². The van der Waals surface area contributed by atoms with E-state index in [1.807, 2.05) is 34.6 Å². The van der Waals surface area contributed by atoms with Crippen molar-refractivity contribution in [3.8, 4) is 0 Å². The molecule has 3 N–H and O–H groups in total. The summed E-state index contributed by atoms with van der Waals surface area (Å²) in [7, 11) is 1.54. The van der Waals surface area contributed by atoms with Gasteiger partial charge in [-0.2, -0.15) is 0 Å². The van der Waals surface area contributed by atoms with Crippen LogP contribution < -0.4 is 10.6 Å². The molecule has 1 rings (SSSR count). The quantitative estimate of drug-likeness (QED) is 0.442.